The Morgan fingerprint density at radius 2 is 2.28 bits per heavy atom. The van der Waals surface area contributed by atoms with E-state index in [1.165, 1.54) is 0 Å². The number of pyridine rings is 1. The highest BCUT2D eigenvalue weighted by atomic mass is 79.9. The number of hydrogen-bond donors (Lipinski definition) is 0. The highest BCUT2D eigenvalue weighted by Gasteiger charge is 2.18. The SMILES string of the molecule is CCCn1c(C)c(C=O)c(Br)c1-c1cccnc1. The quantitative estimate of drug-likeness (QED) is 0.804. The molecule has 0 amide bonds. The zero-order chi connectivity index (χ0) is 13.1. The summed E-state index contributed by atoms with van der Waals surface area (Å²) in [7, 11) is 0. The summed E-state index contributed by atoms with van der Waals surface area (Å²) in [5.74, 6) is 0. The van der Waals surface area contributed by atoms with Crippen LogP contribution in [0.5, 0.6) is 0 Å². The van der Waals surface area contributed by atoms with E-state index in [9.17, 15) is 4.79 Å². The van der Waals surface area contributed by atoms with Gasteiger partial charge >= 0.3 is 0 Å². The Morgan fingerprint density at radius 1 is 1.50 bits per heavy atom. The van der Waals surface area contributed by atoms with Gasteiger partial charge in [-0.05, 0) is 41.4 Å². The molecule has 0 aliphatic carbocycles. The Kier molecular flexibility index (Phi) is 3.97. The van der Waals surface area contributed by atoms with E-state index < -0.39 is 0 Å². The number of carbonyl (C=O) groups excluding carboxylic acids is 1. The Balaban J connectivity index is 2.69. The van der Waals surface area contributed by atoms with Crippen LogP contribution in [0.25, 0.3) is 11.3 Å². The van der Waals surface area contributed by atoms with Gasteiger partial charge < -0.3 is 4.57 Å². The summed E-state index contributed by atoms with van der Waals surface area (Å²) in [6.07, 6.45) is 5.50. The topological polar surface area (TPSA) is 34.9 Å². The molecule has 2 rings (SSSR count). The minimum absolute atomic E-state index is 0.724. The van der Waals surface area contributed by atoms with Crippen LogP contribution in [-0.4, -0.2) is 15.8 Å². The molecule has 0 aliphatic rings. The van der Waals surface area contributed by atoms with Crippen molar-refractivity contribution in [1.82, 2.24) is 9.55 Å². The maximum Gasteiger partial charge on any atom is 0.153 e. The van der Waals surface area contributed by atoms with Gasteiger partial charge in [0.15, 0.2) is 6.29 Å². The van der Waals surface area contributed by atoms with E-state index in [0.717, 1.165) is 46.2 Å². The lowest BCUT2D eigenvalue weighted by Crippen LogP contribution is -2.02. The second-order valence-electron chi connectivity index (χ2n) is 4.17. The van der Waals surface area contributed by atoms with E-state index in [4.69, 9.17) is 0 Å². The molecule has 0 N–H and O–H groups in total. The smallest absolute Gasteiger partial charge is 0.153 e. The zero-order valence-corrected chi connectivity index (χ0v) is 12.1. The molecule has 0 fully saturated rings. The molecule has 4 heteroatoms. The largest absolute Gasteiger partial charge is 0.343 e. The van der Waals surface area contributed by atoms with Crippen LogP contribution in [0, 0.1) is 6.92 Å². The molecule has 0 saturated carbocycles. The molecule has 0 atom stereocenters. The van der Waals surface area contributed by atoms with Crippen LogP contribution < -0.4 is 0 Å². The van der Waals surface area contributed by atoms with Crippen LogP contribution in [0.4, 0.5) is 0 Å². The number of rotatable bonds is 4. The summed E-state index contributed by atoms with van der Waals surface area (Å²) in [5, 5.41) is 0. The average Bonchev–Trinajstić information content (AvgIpc) is 2.62. The van der Waals surface area contributed by atoms with Crippen molar-refractivity contribution in [2.75, 3.05) is 0 Å². The third-order valence-electron chi connectivity index (χ3n) is 3.01. The molecule has 0 aromatic carbocycles. The van der Waals surface area contributed by atoms with Gasteiger partial charge in [0, 0.05) is 35.8 Å². The normalized spacial score (nSPS) is 10.6. The lowest BCUT2D eigenvalue weighted by molar-refractivity contribution is 0.112. The Labute approximate surface area is 115 Å². The van der Waals surface area contributed by atoms with Gasteiger partial charge in [0.05, 0.1) is 10.2 Å². The molecule has 0 aliphatic heterocycles. The lowest BCUT2D eigenvalue weighted by atomic mass is 10.2. The molecular formula is C14H15BrN2O. The molecule has 0 radical (unpaired) electrons. The maximum absolute atomic E-state index is 11.2. The van der Waals surface area contributed by atoms with Crippen molar-refractivity contribution >= 4 is 22.2 Å². The van der Waals surface area contributed by atoms with E-state index in [2.05, 4.69) is 32.4 Å². The van der Waals surface area contributed by atoms with Crippen LogP contribution in [0.3, 0.4) is 0 Å². The van der Waals surface area contributed by atoms with Crippen LogP contribution >= 0.6 is 15.9 Å². The van der Waals surface area contributed by atoms with Gasteiger partial charge in [-0.1, -0.05) is 6.92 Å². The first-order chi connectivity index (χ1) is 8.70. The van der Waals surface area contributed by atoms with Gasteiger partial charge in [-0.15, -0.1) is 0 Å². The summed E-state index contributed by atoms with van der Waals surface area (Å²) < 4.78 is 3.03. The maximum atomic E-state index is 11.2. The van der Waals surface area contributed by atoms with Crippen molar-refractivity contribution in [2.24, 2.45) is 0 Å². The van der Waals surface area contributed by atoms with Crippen LogP contribution in [0.2, 0.25) is 0 Å². The highest BCUT2D eigenvalue weighted by molar-refractivity contribution is 9.10. The second-order valence-corrected chi connectivity index (χ2v) is 4.97. The van der Waals surface area contributed by atoms with Crippen molar-refractivity contribution in [3.8, 4) is 11.3 Å². The van der Waals surface area contributed by atoms with Gasteiger partial charge in [0.1, 0.15) is 0 Å². The van der Waals surface area contributed by atoms with Gasteiger partial charge in [-0.25, -0.2) is 0 Å². The minimum atomic E-state index is 0.724. The first kappa shape index (κ1) is 13.0. The number of hydrogen-bond acceptors (Lipinski definition) is 2. The number of aldehydes is 1. The summed E-state index contributed by atoms with van der Waals surface area (Å²) in [5.41, 5.74) is 3.78. The molecule has 2 aromatic heterocycles. The van der Waals surface area contributed by atoms with Crippen LogP contribution in [-0.2, 0) is 6.54 Å². The molecule has 94 valence electrons. The summed E-state index contributed by atoms with van der Waals surface area (Å²) in [6.45, 7) is 4.99. The second kappa shape index (κ2) is 5.48. The Hall–Kier alpha value is -1.42. The van der Waals surface area contributed by atoms with Gasteiger partial charge in [0.2, 0.25) is 0 Å². The number of carbonyl (C=O) groups is 1. The minimum Gasteiger partial charge on any atom is -0.343 e. The molecule has 18 heavy (non-hydrogen) atoms. The van der Waals surface area contributed by atoms with Crippen LogP contribution in [0.15, 0.2) is 29.0 Å². The molecule has 3 nitrogen and oxygen atoms in total. The molecular weight excluding hydrogens is 292 g/mol. The first-order valence-corrected chi connectivity index (χ1v) is 6.74. The number of aromatic nitrogens is 2. The average molecular weight is 307 g/mol. The molecule has 0 spiro atoms. The van der Waals surface area contributed by atoms with Crippen molar-refractivity contribution in [3.63, 3.8) is 0 Å². The van der Waals surface area contributed by atoms with Crippen molar-refractivity contribution in [2.45, 2.75) is 26.8 Å². The van der Waals surface area contributed by atoms with Gasteiger partial charge in [0.25, 0.3) is 0 Å². The first-order valence-electron chi connectivity index (χ1n) is 5.94. The van der Waals surface area contributed by atoms with Crippen LogP contribution in [0.1, 0.15) is 29.4 Å². The fourth-order valence-corrected chi connectivity index (χ4v) is 2.97. The van der Waals surface area contributed by atoms with Crippen molar-refractivity contribution < 1.29 is 4.79 Å². The van der Waals surface area contributed by atoms with E-state index in [1.54, 1.807) is 6.20 Å². The molecule has 0 saturated heterocycles. The van der Waals surface area contributed by atoms with E-state index in [1.807, 2.05) is 25.3 Å². The molecule has 0 bridgehead atoms. The summed E-state index contributed by atoms with van der Waals surface area (Å²) in [4.78, 5) is 15.3. The van der Waals surface area contributed by atoms with E-state index in [-0.39, 0.29) is 0 Å². The fraction of sp³-hybridized carbons (Fsp3) is 0.286. The molecule has 0 unspecified atom stereocenters. The van der Waals surface area contributed by atoms with Crippen molar-refractivity contribution in [1.29, 1.82) is 0 Å². The predicted molar refractivity (Wildman–Crippen MR) is 75.8 cm³/mol. The summed E-state index contributed by atoms with van der Waals surface area (Å²) >= 11 is 3.54. The number of nitrogens with zero attached hydrogens (tertiary/aromatic N) is 2. The Bertz CT molecular complexity index is 561. The standard InChI is InChI=1S/C14H15BrN2O/c1-3-7-17-10(2)12(9-18)13(15)14(17)11-5-4-6-16-8-11/h4-6,8-9H,3,7H2,1-2H3. The predicted octanol–water partition coefficient (Wildman–Crippen LogP) is 3.84. The van der Waals surface area contributed by atoms with E-state index in [0.29, 0.717) is 0 Å². The highest BCUT2D eigenvalue weighted by Crippen LogP contribution is 2.34. The fourth-order valence-electron chi connectivity index (χ4n) is 2.14. The monoisotopic (exact) mass is 306 g/mol. The molecule has 2 heterocycles. The zero-order valence-electron chi connectivity index (χ0n) is 10.5. The number of halogens is 1. The van der Waals surface area contributed by atoms with Crippen molar-refractivity contribution in [3.05, 3.63) is 40.3 Å². The van der Waals surface area contributed by atoms with Gasteiger partial charge in [-0.2, -0.15) is 0 Å². The van der Waals surface area contributed by atoms with E-state index >= 15 is 0 Å². The Morgan fingerprint density at radius 3 is 2.83 bits per heavy atom. The third kappa shape index (κ3) is 2.12. The lowest BCUT2D eigenvalue weighted by Gasteiger charge is -2.10. The van der Waals surface area contributed by atoms with Gasteiger partial charge in [-0.3, -0.25) is 9.78 Å². The third-order valence-corrected chi connectivity index (χ3v) is 3.81. The summed E-state index contributed by atoms with van der Waals surface area (Å²) in [6, 6.07) is 3.91. The molecule has 2 aromatic rings.